The average molecular weight is 431 g/mol. The number of ether oxygens (including phenoxy) is 2. The van der Waals surface area contributed by atoms with Crippen LogP contribution in [-0.2, 0) is 12.0 Å². The van der Waals surface area contributed by atoms with Crippen LogP contribution in [0.3, 0.4) is 0 Å². The molecule has 0 radical (unpaired) electrons. The van der Waals surface area contributed by atoms with Crippen LogP contribution in [-0.4, -0.2) is 21.3 Å². The van der Waals surface area contributed by atoms with Crippen LogP contribution in [0.15, 0.2) is 59.9 Å². The van der Waals surface area contributed by atoms with E-state index in [0.29, 0.717) is 16.7 Å². The van der Waals surface area contributed by atoms with Gasteiger partial charge in [0.25, 0.3) is 0 Å². The SMILES string of the molecule is CCC1=C(C)Oc2ccccc2C12CCC2.O=C(O)c1[nH]nc2c1COc1ccccc1-2. The number of hydrogen-bond acceptors (Lipinski definition) is 4. The van der Waals surface area contributed by atoms with Crippen molar-refractivity contribution in [2.75, 3.05) is 0 Å². The first-order valence-corrected chi connectivity index (χ1v) is 11.1. The molecule has 32 heavy (non-hydrogen) atoms. The maximum Gasteiger partial charge on any atom is 0.354 e. The summed E-state index contributed by atoms with van der Waals surface area (Å²) in [5.41, 5.74) is 5.47. The van der Waals surface area contributed by atoms with Crippen LogP contribution in [0, 0.1) is 0 Å². The molecule has 3 aromatic rings. The average Bonchev–Trinajstić information content (AvgIpc) is 3.22. The molecule has 0 atom stereocenters. The number of aromatic nitrogens is 2. The fraction of sp³-hybridized carbons (Fsp3) is 0.308. The van der Waals surface area contributed by atoms with Crippen molar-refractivity contribution in [3.05, 3.63) is 76.7 Å². The van der Waals surface area contributed by atoms with Crippen LogP contribution in [0.2, 0.25) is 0 Å². The van der Waals surface area contributed by atoms with Crippen molar-refractivity contribution in [3.8, 4) is 22.8 Å². The van der Waals surface area contributed by atoms with Crippen molar-refractivity contribution in [3.63, 3.8) is 0 Å². The van der Waals surface area contributed by atoms with Crippen LogP contribution >= 0.6 is 0 Å². The molecule has 0 amide bonds. The third-order valence-corrected chi connectivity index (χ3v) is 6.82. The number of rotatable bonds is 2. The minimum atomic E-state index is -1.02. The van der Waals surface area contributed by atoms with Gasteiger partial charge in [-0.3, -0.25) is 5.10 Å². The van der Waals surface area contributed by atoms with E-state index in [2.05, 4.69) is 48.3 Å². The van der Waals surface area contributed by atoms with Crippen molar-refractivity contribution in [1.82, 2.24) is 10.2 Å². The Hall–Kier alpha value is -3.54. The molecule has 164 valence electrons. The number of carboxylic acid groups (broad SMARTS) is 1. The Morgan fingerprint density at radius 2 is 1.84 bits per heavy atom. The first-order valence-electron chi connectivity index (χ1n) is 11.1. The number of para-hydroxylation sites is 2. The van der Waals surface area contributed by atoms with Crippen LogP contribution in [0.4, 0.5) is 0 Å². The van der Waals surface area contributed by atoms with E-state index < -0.39 is 5.97 Å². The lowest BCUT2D eigenvalue weighted by Crippen LogP contribution is -2.39. The van der Waals surface area contributed by atoms with Gasteiger partial charge < -0.3 is 14.6 Å². The predicted molar refractivity (Wildman–Crippen MR) is 121 cm³/mol. The summed E-state index contributed by atoms with van der Waals surface area (Å²) in [4.78, 5) is 10.9. The molecule has 1 fully saturated rings. The number of aromatic carboxylic acids is 1. The van der Waals surface area contributed by atoms with Crippen LogP contribution in [0.25, 0.3) is 11.3 Å². The molecule has 3 heterocycles. The Labute approximate surface area is 186 Å². The number of fused-ring (bicyclic) bond motifs is 5. The molecular formula is C26H26N2O4. The standard InChI is InChI=1S/C15H18O.C11H8N2O3/c1-3-12-11(2)16-14-8-5-4-7-13(14)15(12)9-6-10-15;14-11(15)10-7-5-16-8-4-2-1-3-6(8)9(7)12-13-10/h4-5,7-8H,3,6,9-10H2,1-2H3;1-4H,5H2,(H,12,13)(H,14,15). The number of carboxylic acids is 1. The van der Waals surface area contributed by atoms with Gasteiger partial charge in [0.1, 0.15) is 29.6 Å². The van der Waals surface area contributed by atoms with E-state index in [1.807, 2.05) is 24.3 Å². The lowest BCUT2D eigenvalue weighted by molar-refractivity contribution is 0.0687. The van der Waals surface area contributed by atoms with Gasteiger partial charge in [0.05, 0.1) is 5.56 Å². The van der Waals surface area contributed by atoms with Gasteiger partial charge in [-0.05, 0) is 50.0 Å². The number of hydrogen-bond donors (Lipinski definition) is 2. The Morgan fingerprint density at radius 3 is 2.53 bits per heavy atom. The maximum atomic E-state index is 10.9. The molecule has 1 aromatic heterocycles. The minimum absolute atomic E-state index is 0.101. The monoisotopic (exact) mass is 430 g/mol. The number of benzene rings is 2. The van der Waals surface area contributed by atoms with Gasteiger partial charge in [-0.2, -0.15) is 5.10 Å². The molecule has 0 bridgehead atoms. The zero-order chi connectivity index (χ0) is 22.3. The third-order valence-electron chi connectivity index (χ3n) is 6.82. The highest BCUT2D eigenvalue weighted by atomic mass is 16.5. The third kappa shape index (κ3) is 3.09. The van der Waals surface area contributed by atoms with E-state index in [-0.39, 0.29) is 12.3 Å². The zero-order valence-electron chi connectivity index (χ0n) is 18.3. The molecule has 2 N–H and O–H groups in total. The molecule has 0 saturated heterocycles. The normalized spacial score (nSPS) is 16.9. The number of H-pyrrole nitrogens is 1. The molecule has 3 aliphatic rings. The molecule has 1 aliphatic carbocycles. The second kappa shape index (κ2) is 7.86. The highest BCUT2D eigenvalue weighted by Gasteiger charge is 2.46. The Kier molecular flexibility index (Phi) is 5.00. The Morgan fingerprint density at radius 1 is 1.12 bits per heavy atom. The quantitative estimate of drug-likeness (QED) is 0.533. The summed E-state index contributed by atoms with van der Waals surface area (Å²) in [6.07, 6.45) is 5.06. The Bertz CT molecular complexity index is 1220. The zero-order valence-corrected chi connectivity index (χ0v) is 18.3. The van der Waals surface area contributed by atoms with E-state index in [1.54, 1.807) is 0 Å². The van der Waals surface area contributed by atoms with Crippen molar-refractivity contribution >= 4 is 5.97 Å². The van der Waals surface area contributed by atoms with E-state index in [1.165, 1.54) is 30.4 Å². The van der Waals surface area contributed by atoms with Crippen molar-refractivity contribution in [2.24, 2.45) is 0 Å². The van der Waals surface area contributed by atoms with Crippen molar-refractivity contribution in [2.45, 2.75) is 51.6 Å². The fourth-order valence-corrected chi connectivity index (χ4v) is 5.21. The minimum Gasteiger partial charge on any atom is -0.488 e. The molecule has 2 aromatic carbocycles. The molecular weight excluding hydrogens is 404 g/mol. The second-order valence-corrected chi connectivity index (χ2v) is 8.44. The highest BCUT2D eigenvalue weighted by Crippen LogP contribution is 2.56. The maximum absolute atomic E-state index is 10.9. The van der Waals surface area contributed by atoms with Gasteiger partial charge >= 0.3 is 5.97 Å². The van der Waals surface area contributed by atoms with Crippen molar-refractivity contribution in [1.29, 1.82) is 0 Å². The lowest BCUT2D eigenvalue weighted by Gasteiger charge is -2.48. The number of carbonyl (C=O) groups is 1. The molecule has 1 spiro atoms. The fourth-order valence-electron chi connectivity index (χ4n) is 5.21. The predicted octanol–water partition coefficient (Wildman–Crippen LogP) is 5.85. The molecule has 1 saturated carbocycles. The van der Waals surface area contributed by atoms with Crippen molar-refractivity contribution < 1.29 is 19.4 Å². The molecule has 6 heteroatoms. The number of nitrogens with zero attached hydrogens (tertiary/aromatic N) is 1. The highest BCUT2D eigenvalue weighted by molar-refractivity contribution is 5.90. The number of nitrogens with one attached hydrogen (secondary N) is 1. The summed E-state index contributed by atoms with van der Waals surface area (Å²) in [7, 11) is 0. The molecule has 6 nitrogen and oxygen atoms in total. The van der Waals surface area contributed by atoms with Gasteiger partial charge in [-0.25, -0.2) is 4.79 Å². The number of allylic oxidation sites excluding steroid dienone is 2. The van der Waals surface area contributed by atoms with Crippen LogP contribution < -0.4 is 9.47 Å². The first-order chi connectivity index (χ1) is 15.5. The summed E-state index contributed by atoms with van der Waals surface area (Å²) >= 11 is 0. The van der Waals surface area contributed by atoms with Gasteiger partial charge in [0.2, 0.25) is 0 Å². The van der Waals surface area contributed by atoms with Gasteiger partial charge in [-0.15, -0.1) is 0 Å². The smallest absolute Gasteiger partial charge is 0.354 e. The van der Waals surface area contributed by atoms with Gasteiger partial charge in [-0.1, -0.05) is 43.7 Å². The summed E-state index contributed by atoms with van der Waals surface area (Å²) in [6.45, 7) is 4.61. The summed E-state index contributed by atoms with van der Waals surface area (Å²) < 4.78 is 11.4. The van der Waals surface area contributed by atoms with Gasteiger partial charge in [0.15, 0.2) is 5.69 Å². The van der Waals surface area contributed by atoms with E-state index in [0.717, 1.165) is 29.2 Å². The van der Waals surface area contributed by atoms with Gasteiger partial charge in [0, 0.05) is 16.5 Å². The molecule has 2 aliphatic heterocycles. The summed E-state index contributed by atoms with van der Waals surface area (Å²) in [6, 6.07) is 16.0. The van der Waals surface area contributed by atoms with E-state index in [9.17, 15) is 4.79 Å². The molecule has 0 unspecified atom stereocenters. The Balaban J connectivity index is 0.000000135. The summed E-state index contributed by atoms with van der Waals surface area (Å²) in [5.74, 6) is 1.94. The second-order valence-electron chi connectivity index (χ2n) is 8.44. The van der Waals surface area contributed by atoms with E-state index >= 15 is 0 Å². The molecule has 6 rings (SSSR count). The van der Waals surface area contributed by atoms with E-state index in [4.69, 9.17) is 14.6 Å². The largest absolute Gasteiger partial charge is 0.488 e. The first kappa shape index (κ1) is 20.4. The van der Waals surface area contributed by atoms with Crippen LogP contribution in [0.1, 0.15) is 61.1 Å². The van der Waals surface area contributed by atoms with Crippen LogP contribution in [0.5, 0.6) is 11.5 Å². The summed E-state index contributed by atoms with van der Waals surface area (Å²) in [5, 5.41) is 15.5. The number of aromatic amines is 1. The topological polar surface area (TPSA) is 84.4 Å². The lowest BCUT2D eigenvalue weighted by atomic mass is 9.58.